The van der Waals surface area contributed by atoms with Crippen LogP contribution in [0.25, 0.3) is 0 Å². The van der Waals surface area contributed by atoms with Crippen LogP contribution in [0, 0.1) is 5.41 Å². The number of rotatable bonds is 20. The molecule has 184 valence electrons. The van der Waals surface area contributed by atoms with Crippen LogP contribution < -0.4 is 0 Å². The Hall–Kier alpha value is -2.28. The molecule has 4 N–H and O–H groups in total. The first kappa shape index (κ1) is 33.4. The van der Waals surface area contributed by atoms with E-state index in [1.165, 1.54) is 0 Å². The minimum atomic E-state index is -1.05. The molecular formula is C19H36O12. The summed E-state index contributed by atoms with van der Waals surface area (Å²) in [6.07, 6.45) is -0.962. The largest absolute Gasteiger partial charge is 0.481 e. The van der Waals surface area contributed by atoms with E-state index in [2.05, 4.69) is 0 Å². The van der Waals surface area contributed by atoms with Gasteiger partial charge in [-0.1, -0.05) is 14.9 Å². The van der Waals surface area contributed by atoms with E-state index in [-0.39, 0.29) is 93.4 Å². The maximum Gasteiger partial charge on any atom is 0.305 e. The third kappa shape index (κ3) is 20.8. The molecule has 0 bridgehead atoms. The average molecular weight is 456 g/mol. The number of carboxylic acids is 4. The minimum Gasteiger partial charge on any atom is -0.481 e. The van der Waals surface area contributed by atoms with Gasteiger partial charge in [0.05, 0.1) is 84.0 Å². The van der Waals surface area contributed by atoms with Crippen LogP contribution in [-0.2, 0) is 38.1 Å². The van der Waals surface area contributed by atoms with Crippen LogP contribution in [0.1, 0.15) is 40.5 Å². The highest BCUT2D eigenvalue weighted by atomic mass is 16.5. The Morgan fingerprint density at radius 2 is 0.677 bits per heavy atom. The Morgan fingerprint density at radius 3 is 0.839 bits per heavy atom. The highest BCUT2D eigenvalue weighted by molar-refractivity contribution is 5.67. The number of hydrogen-bond acceptors (Lipinski definition) is 8. The lowest BCUT2D eigenvalue weighted by atomic mass is 9.92. The summed E-state index contributed by atoms with van der Waals surface area (Å²) in [7, 11) is 0. The van der Waals surface area contributed by atoms with E-state index in [1.54, 1.807) is 0 Å². The van der Waals surface area contributed by atoms with E-state index < -0.39 is 29.3 Å². The first-order valence-corrected chi connectivity index (χ1v) is 8.85. The van der Waals surface area contributed by atoms with E-state index in [0.717, 1.165) is 0 Å². The van der Waals surface area contributed by atoms with Crippen molar-refractivity contribution in [3.05, 3.63) is 0 Å². The Bertz CT molecular complexity index is 427. The molecule has 0 amide bonds. The summed E-state index contributed by atoms with van der Waals surface area (Å²) in [6.45, 7) is -0.707. The van der Waals surface area contributed by atoms with Gasteiger partial charge in [-0.2, -0.15) is 0 Å². The molecule has 0 spiro atoms. The molecule has 0 fully saturated rings. The molecule has 0 aliphatic rings. The van der Waals surface area contributed by atoms with Gasteiger partial charge in [0, 0.05) is 0 Å². The quantitative estimate of drug-likeness (QED) is 0.192. The summed E-state index contributed by atoms with van der Waals surface area (Å²) in [4.78, 5) is 42.5. The fourth-order valence-corrected chi connectivity index (χ4v) is 2.04. The van der Waals surface area contributed by atoms with Crippen LogP contribution in [-0.4, -0.2) is 97.2 Å². The van der Waals surface area contributed by atoms with Gasteiger partial charge in [0.25, 0.3) is 0 Å². The van der Waals surface area contributed by atoms with Crippen LogP contribution in [0.4, 0.5) is 0 Å². The minimum absolute atomic E-state index is 0. The molecule has 0 atom stereocenters. The summed E-state index contributed by atoms with van der Waals surface area (Å²) in [6, 6.07) is 0. The molecule has 0 heterocycles. The molecule has 0 aliphatic heterocycles. The van der Waals surface area contributed by atoms with Crippen molar-refractivity contribution in [3.8, 4) is 0 Å². The molecule has 0 aromatic rings. The molecule has 0 aliphatic carbocycles. The molecule has 0 aromatic carbocycles. The highest BCUT2D eigenvalue weighted by Crippen LogP contribution is 2.21. The Labute approximate surface area is 182 Å². The highest BCUT2D eigenvalue weighted by Gasteiger charge is 2.33. The summed E-state index contributed by atoms with van der Waals surface area (Å²) in [5, 5.41) is 34.8. The van der Waals surface area contributed by atoms with E-state index in [9.17, 15) is 19.2 Å². The van der Waals surface area contributed by atoms with Crippen molar-refractivity contribution in [2.24, 2.45) is 5.41 Å². The van der Waals surface area contributed by atoms with E-state index in [1.807, 2.05) is 0 Å². The average Bonchev–Trinajstić information content (AvgIpc) is 2.62. The zero-order valence-electron chi connectivity index (χ0n) is 16.0. The van der Waals surface area contributed by atoms with E-state index in [0.29, 0.717) is 0 Å². The third-order valence-electron chi connectivity index (χ3n) is 3.47. The normalized spacial score (nSPS) is 10.6. The first-order chi connectivity index (χ1) is 13.7. The van der Waals surface area contributed by atoms with Crippen LogP contribution in [0.5, 0.6) is 0 Å². The summed E-state index contributed by atoms with van der Waals surface area (Å²) in [5.41, 5.74) is -1.01. The number of ether oxygens (including phenoxy) is 4. The Balaban J connectivity index is -0.00000392. The third-order valence-corrected chi connectivity index (χ3v) is 3.47. The van der Waals surface area contributed by atoms with Crippen LogP contribution in [0.15, 0.2) is 0 Å². The van der Waals surface area contributed by atoms with E-state index in [4.69, 9.17) is 39.4 Å². The lowest BCUT2D eigenvalue weighted by molar-refractivity contribution is -0.142. The second-order valence-corrected chi connectivity index (χ2v) is 6.29. The predicted octanol–water partition coefficient (Wildman–Crippen LogP) is 1.21. The van der Waals surface area contributed by atoms with Gasteiger partial charge in [0.15, 0.2) is 0 Å². The molecule has 0 saturated heterocycles. The second kappa shape index (κ2) is 19.7. The van der Waals surface area contributed by atoms with Crippen molar-refractivity contribution >= 4 is 23.9 Å². The lowest BCUT2D eigenvalue weighted by Gasteiger charge is -2.33. The summed E-state index contributed by atoms with van der Waals surface area (Å²) < 4.78 is 21.5. The van der Waals surface area contributed by atoms with Crippen molar-refractivity contribution < 1.29 is 58.6 Å². The molecular weight excluding hydrogens is 420 g/mol. The monoisotopic (exact) mass is 456 g/mol. The van der Waals surface area contributed by atoms with Gasteiger partial charge < -0.3 is 39.4 Å². The molecule has 0 saturated carbocycles. The molecule has 0 radical (unpaired) electrons. The van der Waals surface area contributed by atoms with Crippen LogP contribution in [0.3, 0.4) is 0 Å². The van der Waals surface area contributed by atoms with Gasteiger partial charge in [0.2, 0.25) is 0 Å². The van der Waals surface area contributed by atoms with Gasteiger partial charge in [-0.15, -0.1) is 0 Å². The molecule has 31 heavy (non-hydrogen) atoms. The van der Waals surface area contributed by atoms with Crippen molar-refractivity contribution in [2.45, 2.75) is 40.5 Å². The molecule has 0 rings (SSSR count). The standard InChI is InChI=1S/C17H28O12.2CH4/c18-13(19)1-5-26-9-17(10-27-6-2-14(20)21,11-28-7-3-15(22)23)12-29-8-4-16(24)25;;/h1-12H2,(H,18,19)(H,20,21)(H,22,23)(H,24,25);2*1H4. The first-order valence-electron chi connectivity index (χ1n) is 8.85. The van der Waals surface area contributed by atoms with Crippen molar-refractivity contribution in [2.75, 3.05) is 52.9 Å². The SMILES string of the molecule is C.C.O=C(O)CCOCC(COCCC(=O)O)(COCCC(=O)O)COCCC(=O)O. The smallest absolute Gasteiger partial charge is 0.305 e. The second-order valence-electron chi connectivity index (χ2n) is 6.29. The number of aliphatic carboxylic acids is 4. The van der Waals surface area contributed by atoms with Gasteiger partial charge in [-0.05, 0) is 0 Å². The number of carbonyl (C=O) groups is 4. The van der Waals surface area contributed by atoms with Gasteiger partial charge in [-0.25, -0.2) is 0 Å². The zero-order valence-corrected chi connectivity index (χ0v) is 16.0. The van der Waals surface area contributed by atoms with E-state index >= 15 is 0 Å². The Morgan fingerprint density at radius 1 is 0.484 bits per heavy atom. The van der Waals surface area contributed by atoms with Crippen molar-refractivity contribution in [1.82, 2.24) is 0 Å². The summed E-state index contributed by atoms with van der Waals surface area (Å²) in [5.74, 6) is -4.21. The van der Waals surface area contributed by atoms with Crippen molar-refractivity contribution in [1.29, 1.82) is 0 Å². The zero-order chi connectivity index (χ0) is 22.1. The number of carboxylic acid groups (broad SMARTS) is 4. The molecule has 0 aromatic heterocycles. The molecule has 0 unspecified atom stereocenters. The van der Waals surface area contributed by atoms with Crippen LogP contribution >= 0.6 is 0 Å². The molecule has 12 heteroatoms. The van der Waals surface area contributed by atoms with Gasteiger partial charge in [0.1, 0.15) is 0 Å². The van der Waals surface area contributed by atoms with Crippen molar-refractivity contribution in [3.63, 3.8) is 0 Å². The van der Waals surface area contributed by atoms with Gasteiger partial charge in [-0.3, -0.25) is 19.2 Å². The molecule has 12 nitrogen and oxygen atoms in total. The fraction of sp³-hybridized carbons (Fsp3) is 0.789. The maximum absolute atomic E-state index is 10.6. The Kier molecular flexibility index (Phi) is 21.2. The maximum atomic E-state index is 10.6. The predicted molar refractivity (Wildman–Crippen MR) is 108 cm³/mol. The van der Waals surface area contributed by atoms with Crippen LogP contribution in [0.2, 0.25) is 0 Å². The lowest BCUT2D eigenvalue weighted by Crippen LogP contribution is -2.42. The fourth-order valence-electron chi connectivity index (χ4n) is 2.04. The topological polar surface area (TPSA) is 186 Å². The van der Waals surface area contributed by atoms with Gasteiger partial charge >= 0.3 is 23.9 Å². The number of hydrogen-bond donors (Lipinski definition) is 4. The summed E-state index contributed by atoms with van der Waals surface area (Å²) >= 11 is 0.